The Kier molecular flexibility index (Phi) is 5.91. The number of nitrogens with two attached hydrogens (primary N) is 1. The Morgan fingerprint density at radius 1 is 1.32 bits per heavy atom. The number of aromatic nitrogens is 3. The van der Waals surface area contributed by atoms with Gasteiger partial charge in [-0.3, -0.25) is 14.5 Å². The zero-order valence-corrected chi connectivity index (χ0v) is 19.3. The van der Waals surface area contributed by atoms with Crippen molar-refractivity contribution in [1.29, 1.82) is 0 Å². The molecule has 12 nitrogen and oxygen atoms in total. The lowest BCUT2D eigenvalue weighted by molar-refractivity contribution is -0.689. The highest BCUT2D eigenvalue weighted by molar-refractivity contribution is 8.00. The average Bonchev–Trinajstić information content (AvgIpc) is 3.56. The third kappa shape index (κ3) is 4.33. The van der Waals surface area contributed by atoms with Crippen LogP contribution in [-0.2, 0) is 25.8 Å². The van der Waals surface area contributed by atoms with Crippen LogP contribution in [0.3, 0.4) is 0 Å². The van der Waals surface area contributed by atoms with Gasteiger partial charge in [-0.05, 0) is 12.8 Å². The van der Waals surface area contributed by atoms with Gasteiger partial charge in [-0.1, -0.05) is 11.2 Å². The first-order valence-corrected chi connectivity index (χ1v) is 12.2. The van der Waals surface area contributed by atoms with Gasteiger partial charge in [0.1, 0.15) is 23.2 Å². The number of β-lactam (4-membered cyclic amide) rings is 1. The number of thioether (sulfide) groups is 1. The van der Waals surface area contributed by atoms with E-state index in [0.717, 1.165) is 24.4 Å². The van der Waals surface area contributed by atoms with Gasteiger partial charge in [0.05, 0.1) is 0 Å². The van der Waals surface area contributed by atoms with E-state index in [4.69, 9.17) is 10.6 Å². The van der Waals surface area contributed by atoms with Crippen molar-refractivity contribution in [3.8, 4) is 0 Å². The van der Waals surface area contributed by atoms with E-state index < -0.39 is 29.2 Å². The number of rotatable bonds is 8. The van der Waals surface area contributed by atoms with Crippen molar-refractivity contribution in [3.05, 3.63) is 47.7 Å². The maximum atomic E-state index is 13.0. The molecular formula is C20H20N7O5S2+. The summed E-state index contributed by atoms with van der Waals surface area (Å²) in [5, 5.41) is 16.0. The molecule has 1 saturated heterocycles. The van der Waals surface area contributed by atoms with Gasteiger partial charge in [0.2, 0.25) is 11.5 Å². The molecule has 14 heteroatoms. The number of oxime groups is 1. The van der Waals surface area contributed by atoms with Crippen LogP contribution in [0.1, 0.15) is 18.7 Å². The molecule has 2 aliphatic heterocycles. The largest absolute Gasteiger partial charge is 0.477 e. The van der Waals surface area contributed by atoms with Gasteiger partial charge in [0, 0.05) is 35.0 Å². The van der Waals surface area contributed by atoms with Crippen molar-refractivity contribution in [2.45, 2.75) is 36.9 Å². The summed E-state index contributed by atoms with van der Waals surface area (Å²) >= 11 is 2.30. The first kappa shape index (κ1) is 22.3. The minimum atomic E-state index is -1.18. The molecule has 5 rings (SSSR count). The van der Waals surface area contributed by atoms with Crippen LogP contribution in [0, 0.1) is 0 Å². The molecule has 0 aromatic carbocycles. The number of amides is 2. The van der Waals surface area contributed by atoms with Gasteiger partial charge < -0.3 is 21.0 Å². The minimum Gasteiger partial charge on any atom is -0.477 e. The fraction of sp³-hybridized carbons (Fsp3) is 0.350. The number of nitrogen functional groups attached to an aromatic ring is 1. The van der Waals surface area contributed by atoms with E-state index in [1.807, 2.05) is 35.2 Å². The third-order valence-electron chi connectivity index (χ3n) is 5.37. The fourth-order valence-electron chi connectivity index (χ4n) is 3.59. The van der Waals surface area contributed by atoms with Crippen molar-refractivity contribution >= 4 is 51.9 Å². The van der Waals surface area contributed by atoms with Gasteiger partial charge in [-0.15, -0.1) is 11.8 Å². The molecule has 2 atom stereocenters. The monoisotopic (exact) mass is 502 g/mol. The molecule has 2 aromatic rings. The molecule has 2 fully saturated rings. The molecule has 34 heavy (non-hydrogen) atoms. The summed E-state index contributed by atoms with van der Waals surface area (Å²) in [7, 11) is 0. The third-order valence-corrected chi connectivity index (χ3v) is 7.26. The second-order valence-corrected chi connectivity index (χ2v) is 9.76. The normalized spacial score (nSPS) is 22.2. The van der Waals surface area contributed by atoms with Crippen LogP contribution in [0.2, 0.25) is 0 Å². The standard InChI is InChI=1S/C20H19N7O5S2/c21-20-23-15(25-34-20)12(24-32-11-4-5-11)16(28)22-13-17(29)27-14(19(30)31)10(9-33-18(13)27)8-26-6-2-1-3-7-26/h1-3,6-7,11,13,18H,4-5,8-9H2,(H3-,21,22,23,25,28,30,31)/p+1/t13-,18-/m1/s1. The van der Waals surface area contributed by atoms with E-state index in [1.165, 1.54) is 16.7 Å². The summed E-state index contributed by atoms with van der Waals surface area (Å²) < 4.78 is 5.86. The maximum absolute atomic E-state index is 13.0. The number of hydrogen-bond acceptors (Lipinski definition) is 10. The quantitative estimate of drug-likeness (QED) is 0.191. The number of pyridine rings is 1. The first-order valence-electron chi connectivity index (χ1n) is 10.4. The number of fused-ring (bicyclic) bond motifs is 1. The van der Waals surface area contributed by atoms with E-state index in [0.29, 0.717) is 17.9 Å². The van der Waals surface area contributed by atoms with E-state index >= 15 is 0 Å². The molecule has 2 aromatic heterocycles. The summed E-state index contributed by atoms with van der Waals surface area (Å²) in [6.07, 6.45) is 5.28. The zero-order chi connectivity index (χ0) is 23.8. The number of carbonyl (C=O) groups excluding carboxylic acids is 2. The van der Waals surface area contributed by atoms with Crippen LogP contribution in [0.15, 0.2) is 47.0 Å². The van der Waals surface area contributed by atoms with Crippen LogP contribution < -0.4 is 15.6 Å². The summed E-state index contributed by atoms with van der Waals surface area (Å²) in [6, 6.07) is 4.64. The Balaban J connectivity index is 1.34. The molecular weight excluding hydrogens is 482 g/mol. The van der Waals surface area contributed by atoms with E-state index in [2.05, 4.69) is 19.8 Å². The lowest BCUT2D eigenvalue weighted by atomic mass is 10.0. The van der Waals surface area contributed by atoms with Crippen LogP contribution in [0.25, 0.3) is 0 Å². The smallest absolute Gasteiger partial charge is 0.352 e. The van der Waals surface area contributed by atoms with Crippen LogP contribution in [-0.4, -0.2) is 66.1 Å². The fourth-order valence-corrected chi connectivity index (χ4v) is 5.36. The van der Waals surface area contributed by atoms with Gasteiger partial charge in [0.25, 0.3) is 11.8 Å². The predicted molar refractivity (Wildman–Crippen MR) is 121 cm³/mol. The van der Waals surface area contributed by atoms with E-state index in [-0.39, 0.29) is 28.5 Å². The second-order valence-electron chi connectivity index (χ2n) is 7.87. The number of aliphatic carboxylic acids is 1. The molecule has 0 bridgehead atoms. The average molecular weight is 503 g/mol. The van der Waals surface area contributed by atoms with E-state index in [1.54, 1.807) is 0 Å². The Hall–Kier alpha value is -3.52. The SMILES string of the molecule is Nc1nc(C(=NOC2CC2)C(=O)N[C@@H]2C(=O)N3C(C(=O)O)=C(C[n+]4ccccc4)CS[C@H]23)ns1. The Morgan fingerprint density at radius 2 is 2.09 bits per heavy atom. The first-order chi connectivity index (χ1) is 16.4. The highest BCUT2D eigenvalue weighted by Gasteiger charge is 2.55. The second kappa shape index (κ2) is 9.02. The topological polar surface area (TPSA) is 164 Å². The molecule has 4 heterocycles. The Bertz CT molecular complexity index is 1210. The molecule has 0 radical (unpaired) electrons. The number of nitrogens with zero attached hydrogens (tertiary/aromatic N) is 5. The van der Waals surface area contributed by atoms with E-state index in [9.17, 15) is 19.5 Å². The lowest BCUT2D eigenvalue weighted by Gasteiger charge is -2.49. The van der Waals surface area contributed by atoms with Gasteiger partial charge >= 0.3 is 5.97 Å². The Labute approximate surface area is 201 Å². The van der Waals surface area contributed by atoms with Crippen molar-refractivity contribution in [3.63, 3.8) is 0 Å². The van der Waals surface area contributed by atoms with Crippen molar-refractivity contribution in [2.75, 3.05) is 11.5 Å². The highest BCUT2D eigenvalue weighted by atomic mass is 32.2. The van der Waals surface area contributed by atoms with Crippen LogP contribution in [0.4, 0.5) is 5.13 Å². The summed E-state index contributed by atoms with van der Waals surface area (Å²) in [5.41, 5.74) is 6.03. The molecule has 2 amide bonds. The van der Waals surface area contributed by atoms with Crippen LogP contribution >= 0.6 is 23.3 Å². The molecule has 3 aliphatic rings. The van der Waals surface area contributed by atoms with Crippen molar-refractivity contribution in [1.82, 2.24) is 19.6 Å². The number of anilines is 1. The highest BCUT2D eigenvalue weighted by Crippen LogP contribution is 2.40. The summed E-state index contributed by atoms with van der Waals surface area (Å²) in [5.74, 6) is -1.97. The predicted octanol–water partition coefficient (Wildman–Crippen LogP) is -0.270. The Morgan fingerprint density at radius 3 is 2.74 bits per heavy atom. The lowest BCUT2D eigenvalue weighted by Crippen LogP contribution is -2.71. The van der Waals surface area contributed by atoms with Gasteiger partial charge in [-0.25, -0.2) is 9.36 Å². The molecule has 0 spiro atoms. The number of carbonyl (C=O) groups is 3. The van der Waals surface area contributed by atoms with Gasteiger partial charge in [0.15, 0.2) is 24.1 Å². The molecule has 0 unspecified atom stereocenters. The molecule has 4 N–H and O–H groups in total. The number of nitrogens with one attached hydrogen (secondary N) is 1. The van der Waals surface area contributed by atoms with Crippen molar-refractivity contribution < 1.29 is 28.9 Å². The zero-order valence-electron chi connectivity index (χ0n) is 17.7. The molecule has 176 valence electrons. The minimum absolute atomic E-state index is 0.00821. The molecule has 1 aliphatic carbocycles. The van der Waals surface area contributed by atoms with Gasteiger partial charge in [-0.2, -0.15) is 9.36 Å². The summed E-state index contributed by atoms with van der Waals surface area (Å²) in [4.78, 5) is 48.5. The number of carboxylic acids is 1. The van der Waals surface area contributed by atoms with Crippen LogP contribution in [0.5, 0.6) is 0 Å². The number of hydrogen-bond donors (Lipinski definition) is 3. The maximum Gasteiger partial charge on any atom is 0.352 e. The summed E-state index contributed by atoms with van der Waals surface area (Å²) in [6.45, 7) is 0.342. The van der Waals surface area contributed by atoms with Crippen molar-refractivity contribution in [2.24, 2.45) is 5.16 Å². The number of carboxylic acid groups (broad SMARTS) is 1. The molecule has 1 saturated carbocycles.